The standard InChI is InChI=1S/C21H35N5OS/c1-2-22-21(23-10-9-19-8-5-17-28-19)24-11-12-25-13-15-26(16-14-25)20(27)18-6-3-4-7-18/h5,8,17-18H,2-4,6-7,9-16H2,1H3,(H2,22,23,24). The van der Waals surface area contributed by atoms with E-state index < -0.39 is 0 Å². The average Bonchev–Trinajstić information content (AvgIpc) is 3.42. The van der Waals surface area contributed by atoms with Gasteiger partial charge in [-0.2, -0.15) is 0 Å². The number of hydrogen-bond donors (Lipinski definition) is 2. The molecule has 1 amide bonds. The van der Waals surface area contributed by atoms with Crippen molar-refractivity contribution in [2.75, 3.05) is 52.4 Å². The Morgan fingerprint density at radius 2 is 2.00 bits per heavy atom. The van der Waals surface area contributed by atoms with Crippen LogP contribution in [0, 0.1) is 5.92 Å². The Labute approximate surface area is 173 Å². The highest BCUT2D eigenvalue weighted by atomic mass is 32.1. The Bertz CT molecular complexity index is 604. The molecule has 1 aromatic heterocycles. The quantitative estimate of drug-likeness (QED) is 0.514. The van der Waals surface area contributed by atoms with E-state index in [-0.39, 0.29) is 0 Å². The Morgan fingerprint density at radius 1 is 1.21 bits per heavy atom. The Hall–Kier alpha value is -1.60. The van der Waals surface area contributed by atoms with Gasteiger partial charge in [-0.3, -0.25) is 14.7 Å². The second-order valence-corrected chi connectivity index (χ2v) is 8.70. The summed E-state index contributed by atoms with van der Waals surface area (Å²) in [6.45, 7) is 9.28. The molecule has 1 saturated heterocycles. The summed E-state index contributed by atoms with van der Waals surface area (Å²) in [7, 11) is 0. The van der Waals surface area contributed by atoms with Crippen molar-refractivity contribution < 1.29 is 4.79 Å². The van der Waals surface area contributed by atoms with E-state index in [1.54, 1.807) is 11.3 Å². The van der Waals surface area contributed by atoms with E-state index in [0.717, 1.165) is 77.6 Å². The van der Waals surface area contributed by atoms with Crippen molar-refractivity contribution in [3.63, 3.8) is 0 Å². The summed E-state index contributed by atoms with van der Waals surface area (Å²) in [5, 5.41) is 8.87. The summed E-state index contributed by atoms with van der Waals surface area (Å²) in [5.74, 6) is 1.60. The van der Waals surface area contributed by atoms with E-state index in [1.807, 2.05) is 0 Å². The lowest BCUT2D eigenvalue weighted by Gasteiger charge is -2.35. The SMILES string of the molecule is CCNC(=NCCN1CCN(C(=O)C2CCCC2)CC1)NCCc1cccs1. The van der Waals surface area contributed by atoms with Crippen molar-refractivity contribution in [1.29, 1.82) is 0 Å². The van der Waals surface area contributed by atoms with Crippen molar-refractivity contribution in [2.45, 2.75) is 39.0 Å². The molecule has 1 aliphatic carbocycles. The molecule has 1 saturated carbocycles. The lowest BCUT2D eigenvalue weighted by Crippen LogP contribution is -2.50. The minimum Gasteiger partial charge on any atom is -0.357 e. The number of carbonyl (C=O) groups is 1. The molecule has 2 fully saturated rings. The smallest absolute Gasteiger partial charge is 0.225 e. The van der Waals surface area contributed by atoms with Crippen molar-refractivity contribution >= 4 is 23.2 Å². The number of nitrogens with zero attached hydrogens (tertiary/aromatic N) is 3. The zero-order valence-electron chi connectivity index (χ0n) is 17.2. The monoisotopic (exact) mass is 405 g/mol. The molecule has 0 unspecified atom stereocenters. The summed E-state index contributed by atoms with van der Waals surface area (Å²) in [6.07, 6.45) is 5.67. The van der Waals surface area contributed by atoms with Crippen LogP contribution in [-0.2, 0) is 11.2 Å². The third-order valence-electron chi connectivity index (χ3n) is 5.66. The van der Waals surface area contributed by atoms with Crippen LogP contribution in [-0.4, -0.2) is 74.0 Å². The number of rotatable bonds is 8. The first-order valence-electron chi connectivity index (χ1n) is 10.8. The number of carbonyl (C=O) groups excluding carboxylic acids is 1. The van der Waals surface area contributed by atoms with Crippen molar-refractivity contribution in [3.8, 4) is 0 Å². The van der Waals surface area contributed by atoms with E-state index in [0.29, 0.717) is 11.8 Å². The third-order valence-corrected chi connectivity index (χ3v) is 6.60. The molecule has 0 atom stereocenters. The van der Waals surface area contributed by atoms with Gasteiger partial charge in [0.1, 0.15) is 0 Å². The molecule has 3 rings (SSSR count). The van der Waals surface area contributed by atoms with Crippen LogP contribution < -0.4 is 10.6 Å². The van der Waals surface area contributed by atoms with Crippen LogP contribution >= 0.6 is 11.3 Å². The molecule has 6 nitrogen and oxygen atoms in total. The van der Waals surface area contributed by atoms with Gasteiger partial charge in [-0.15, -0.1) is 11.3 Å². The number of thiophene rings is 1. The molecule has 7 heteroatoms. The molecule has 28 heavy (non-hydrogen) atoms. The van der Waals surface area contributed by atoms with Crippen molar-refractivity contribution in [3.05, 3.63) is 22.4 Å². The van der Waals surface area contributed by atoms with Crippen molar-refractivity contribution in [2.24, 2.45) is 10.9 Å². The van der Waals surface area contributed by atoms with Gasteiger partial charge >= 0.3 is 0 Å². The number of hydrogen-bond acceptors (Lipinski definition) is 4. The Kier molecular flexibility index (Phi) is 8.61. The van der Waals surface area contributed by atoms with E-state index in [4.69, 9.17) is 4.99 Å². The van der Waals surface area contributed by atoms with Gasteiger partial charge in [-0.1, -0.05) is 18.9 Å². The van der Waals surface area contributed by atoms with E-state index >= 15 is 0 Å². The Balaban J connectivity index is 1.34. The van der Waals surface area contributed by atoms with Gasteiger partial charge in [0.2, 0.25) is 5.91 Å². The number of guanidine groups is 1. The number of piperazine rings is 1. The molecule has 1 aromatic rings. The van der Waals surface area contributed by atoms with Gasteiger partial charge in [0, 0.05) is 56.6 Å². The predicted molar refractivity (Wildman–Crippen MR) is 117 cm³/mol. The first kappa shape index (κ1) is 21.1. The fraction of sp³-hybridized carbons (Fsp3) is 0.714. The maximum absolute atomic E-state index is 12.5. The van der Waals surface area contributed by atoms with E-state index in [2.05, 4.69) is 44.9 Å². The maximum Gasteiger partial charge on any atom is 0.225 e. The Morgan fingerprint density at radius 3 is 2.68 bits per heavy atom. The highest BCUT2D eigenvalue weighted by Gasteiger charge is 2.29. The molecule has 0 aromatic carbocycles. The second-order valence-electron chi connectivity index (χ2n) is 7.67. The van der Waals surface area contributed by atoms with Crippen LogP contribution in [0.4, 0.5) is 0 Å². The third kappa shape index (κ3) is 6.48. The van der Waals surface area contributed by atoms with Gasteiger partial charge in [0.05, 0.1) is 6.54 Å². The fourth-order valence-corrected chi connectivity index (χ4v) is 4.74. The molecule has 0 bridgehead atoms. The molecule has 156 valence electrons. The van der Waals surface area contributed by atoms with Gasteiger partial charge in [-0.25, -0.2) is 0 Å². The molecule has 2 aliphatic rings. The summed E-state index contributed by atoms with van der Waals surface area (Å²) < 4.78 is 0. The second kappa shape index (κ2) is 11.4. The maximum atomic E-state index is 12.5. The van der Waals surface area contributed by atoms with Crippen LogP contribution in [0.25, 0.3) is 0 Å². The molecule has 2 heterocycles. The summed E-state index contributed by atoms with van der Waals surface area (Å²) in [6, 6.07) is 4.27. The van der Waals surface area contributed by atoms with Crippen molar-refractivity contribution in [1.82, 2.24) is 20.4 Å². The lowest BCUT2D eigenvalue weighted by atomic mass is 10.1. The summed E-state index contributed by atoms with van der Waals surface area (Å²) >= 11 is 1.80. The predicted octanol–water partition coefficient (Wildman–Crippen LogP) is 2.18. The highest BCUT2D eigenvalue weighted by molar-refractivity contribution is 7.09. The molecular formula is C21H35N5OS. The lowest BCUT2D eigenvalue weighted by molar-refractivity contribution is -0.137. The average molecular weight is 406 g/mol. The molecule has 1 aliphatic heterocycles. The first-order chi connectivity index (χ1) is 13.8. The van der Waals surface area contributed by atoms with Crippen LogP contribution in [0.5, 0.6) is 0 Å². The van der Waals surface area contributed by atoms with Crippen LogP contribution in [0.15, 0.2) is 22.5 Å². The zero-order valence-corrected chi connectivity index (χ0v) is 18.0. The van der Waals surface area contributed by atoms with Crippen LogP contribution in [0.3, 0.4) is 0 Å². The van der Waals surface area contributed by atoms with E-state index in [9.17, 15) is 4.79 Å². The van der Waals surface area contributed by atoms with Gasteiger partial charge in [0.25, 0.3) is 0 Å². The minimum absolute atomic E-state index is 0.305. The summed E-state index contributed by atoms with van der Waals surface area (Å²) in [4.78, 5) is 23.2. The summed E-state index contributed by atoms with van der Waals surface area (Å²) in [5.41, 5.74) is 0. The molecule has 2 N–H and O–H groups in total. The minimum atomic E-state index is 0.305. The molecule has 0 spiro atoms. The van der Waals surface area contributed by atoms with Gasteiger partial charge in [-0.05, 0) is 37.6 Å². The van der Waals surface area contributed by atoms with Gasteiger partial charge < -0.3 is 15.5 Å². The zero-order chi connectivity index (χ0) is 19.6. The largest absolute Gasteiger partial charge is 0.357 e. The number of aliphatic imine (C=N–C) groups is 1. The number of amides is 1. The molecule has 0 radical (unpaired) electrons. The highest BCUT2D eigenvalue weighted by Crippen LogP contribution is 2.26. The molecular weight excluding hydrogens is 370 g/mol. The van der Waals surface area contributed by atoms with Crippen LogP contribution in [0.1, 0.15) is 37.5 Å². The fourth-order valence-electron chi connectivity index (χ4n) is 4.03. The van der Waals surface area contributed by atoms with Gasteiger partial charge in [0.15, 0.2) is 5.96 Å². The topological polar surface area (TPSA) is 60.0 Å². The normalized spacial score (nSPS) is 19.2. The number of nitrogens with one attached hydrogen (secondary N) is 2. The first-order valence-corrected chi connectivity index (χ1v) is 11.7. The van der Waals surface area contributed by atoms with E-state index in [1.165, 1.54) is 17.7 Å². The van der Waals surface area contributed by atoms with Crippen LogP contribution in [0.2, 0.25) is 0 Å².